The van der Waals surface area contributed by atoms with Crippen LogP contribution in [0.2, 0.25) is 0 Å². The first-order chi connectivity index (χ1) is 5.75. The number of hydrogen-bond donors (Lipinski definition) is 1. The third-order valence-corrected chi connectivity index (χ3v) is 3.85. The maximum atomic E-state index is 3.61. The van der Waals surface area contributed by atoms with Crippen LogP contribution < -0.4 is 5.32 Å². The van der Waals surface area contributed by atoms with Gasteiger partial charge in [-0.2, -0.15) is 0 Å². The average molecular weight is 167 g/mol. The van der Waals surface area contributed by atoms with Crippen LogP contribution >= 0.6 is 0 Å². The number of nitrogens with one attached hydrogen (secondary N) is 1. The van der Waals surface area contributed by atoms with Gasteiger partial charge >= 0.3 is 0 Å². The molecule has 0 aromatic heterocycles. The van der Waals surface area contributed by atoms with Crippen molar-refractivity contribution in [1.29, 1.82) is 0 Å². The minimum absolute atomic E-state index is 0.729. The molecule has 1 saturated carbocycles. The lowest BCUT2D eigenvalue weighted by molar-refractivity contribution is 0.0110. The second-order valence-corrected chi connectivity index (χ2v) is 5.03. The highest BCUT2D eigenvalue weighted by molar-refractivity contribution is 5.03. The zero-order valence-electron chi connectivity index (χ0n) is 8.40. The molecule has 1 aliphatic heterocycles. The maximum Gasteiger partial charge on any atom is 0.0159 e. The fourth-order valence-electron chi connectivity index (χ4n) is 3.20. The maximum absolute atomic E-state index is 3.61. The van der Waals surface area contributed by atoms with Gasteiger partial charge < -0.3 is 5.32 Å². The molecule has 1 heterocycles. The molecule has 1 nitrogen and oxygen atoms in total. The quantitative estimate of drug-likeness (QED) is 0.633. The summed E-state index contributed by atoms with van der Waals surface area (Å²) in [6, 6.07) is 0.831. The van der Waals surface area contributed by atoms with Crippen LogP contribution in [-0.4, -0.2) is 12.6 Å². The van der Waals surface area contributed by atoms with Crippen molar-refractivity contribution in [1.82, 2.24) is 5.32 Å². The minimum atomic E-state index is 0.729. The monoisotopic (exact) mass is 167 g/mol. The lowest BCUT2D eigenvalue weighted by Crippen LogP contribution is -2.65. The predicted molar refractivity (Wildman–Crippen MR) is 52.1 cm³/mol. The third kappa shape index (κ3) is 1.19. The molecule has 12 heavy (non-hydrogen) atoms. The summed E-state index contributed by atoms with van der Waals surface area (Å²) >= 11 is 0. The minimum Gasteiger partial charge on any atom is -0.313 e. The Hall–Kier alpha value is -0.0400. The zero-order chi connectivity index (χ0) is 8.60. The Bertz CT molecular complexity index is 156. The van der Waals surface area contributed by atoms with Crippen LogP contribution in [0.3, 0.4) is 0 Å². The standard InChI is InChI=1S/C11H21N/c1-9(2)10-11(8-12-10)6-4-3-5-7-11/h9-10,12H,3-8H2,1-2H3/t10-/m1/s1. The molecular weight excluding hydrogens is 146 g/mol. The summed E-state index contributed by atoms with van der Waals surface area (Å²) in [4.78, 5) is 0. The molecular formula is C11H21N. The van der Waals surface area contributed by atoms with Crippen LogP contribution in [0.25, 0.3) is 0 Å². The van der Waals surface area contributed by atoms with Gasteiger partial charge in [0.25, 0.3) is 0 Å². The predicted octanol–water partition coefficient (Wildman–Crippen LogP) is 2.56. The van der Waals surface area contributed by atoms with E-state index in [0.717, 1.165) is 17.4 Å². The first-order valence-corrected chi connectivity index (χ1v) is 5.48. The molecule has 1 aliphatic carbocycles. The molecule has 1 spiro atoms. The first-order valence-electron chi connectivity index (χ1n) is 5.48. The van der Waals surface area contributed by atoms with Gasteiger partial charge in [0.1, 0.15) is 0 Å². The molecule has 0 amide bonds. The van der Waals surface area contributed by atoms with Gasteiger partial charge in [-0.05, 0) is 24.2 Å². The molecule has 0 radical (unpaired) electrons. The van der Waals surface area contributed by atoms with E-state index in [4.69, 9.17) is 0 Å². The van der Waals surface area contributed by atoms with Gasteiger partial charge in [-0.25, -0.2) is 0 Å². The first kappa shape index (κ1) is 8.55. The van der Waals surface area contributed by atoms with Gasteiger partial charge in [0.15, 0.2) is 0 Å². The van der Waals surface area contributed by atoms with Crippen molar-refractivity contribution in [3.05, 3.63) is 0 Å². The summed E-state index contributed by atoms with van der Waals surface area (Å²) in [6.45, 7) is 6.01. The lowest BCUT2D eigenvalue weighted by Gasteiger charge is -2.55. The molecule has 70 valence electrons. The van der Waals surface area contributed by atoms with E-state index in [-0.39, 0.29) is 0 Å². The van der Waals surface area contributed by atoms with E-state index in [1.807, 2.05) is 0 Å². The van der Waals surface area contributed by atoms with Crippen molar-refractivity contribution in [3.63, 3.8) is 0 Å². The van der Waals surface area contributed by atoms with Gasteiger partial charge in [0, 0.05) is 12.6 Å². The van der Waals surface area contributed by atoms with Gasteiger partial charge in [-0.3, -0.25) is 0 Å². The van der Waals surface area contributed by atoms with E-state index in [1.54, 1.807) is 0 Å². The van der Waals surface area contributed by atoms with Crippen molar-refractivity contribution < 1.29 is 0 Å². The highest BCUT2D eigenvalue weighted by Gasteiger charge is 2.47. The molecule has 0 unspecified atom stereocenters. The molecule has 1 atom stereocenters. The van der Waals surface area contributed by atoms with Gasteiger partial charge in [-0.15, -0.1) is 0 Å². The van der Waals surface area contributed by atoms with Gasteiger partial charge in [0.05, 0.1) is 0 Å². The molecule has 0 bridgehead atoms. The Morgan fingerprint density at radius 3 is 2.25 bits per heavy atom. The molecule has 0 aromatic carbocycles. The van der Waals surface area contributed by atoms with Crippen molar-refractivity contribution >= 4 is 0 Å². The second kappa shape index (κ2) is 3.02. The molecule has 1 saturated heterocycles. The summed E-state index contributed by atoms with van der Waals surface area (Å²) in [5, 5.41) is 3.61. The molecule has 2 aliphatic rings. The topological polar surface area (TPSA) is 12.0 Å². The number of hydrogen-bond acceptors (Lipinski definition) is 1. The lowest BCUT2D eigenvalue weighted by atomic mass is 9.61. The molecule has 0 aromatic rings. The highest BCUT2D eigenvalue weighted by Crippen LogP contribution is 2.45. The van der Waals surface area contributed by atoms with Crippen molar-refractivity contribution in [3.8, 4) is 0 Å². The smallest absolute Gasteiger partial charge is 0.0159 e. The average Bonchev–Trinajstić information content (AvgIpc) is 2.03. The van der Waals surface area contributed by atoms with Crippen molar-refractivity contribution in [2.45, 2.75) is 52.0 Å². The largest absolute Gasteiger partial charge is 0.313 e. The van der Waals surface area contributed by atoms with Crippen LogP contribution in [0.5, 0.6) is 0 Å². The van der Waals surface area contributed by atoms with Crippen LogP contribution in [0.1, 0.15) is 46.0 Å². The Morgan fingerprint density at radius 2 is 1.83 bits per heavy atom. The highest BCUT2D eigenvalue weighted by atomic mass is 15.0. The van der Waals surface area contributed by atoms with E-state index in [9.17, 15) is 0 Å². The van der Waals surface area contributed by atoms with Gasteiger partial charge in [0.2, 0.25) is 0 Å². The molecule has 2 rings (SSSR count). The van der Waals surface area contributed by atoms with Gasteiger partial charge in [-0.1, -0.05) is 33.1 Å². The Morgan fingerprint density at radius 1 is 1.17 bits per heavy atom. The van der Waals surface area contributed by atoms with E-state index in [1.165, 1.54) is 38.6 Å². The van der Waals surface area contributed by atoms with E-state index in [0.29, 0.717) is 0 Å². The Balaban J connectivity index is 2.00. The summed E-state index contributed by atoms with van der Waals surface area (Å²) in [7, 11) is 0. The number of rotatable bonds is 1. The molecule has 1 heteroatoms. The van der Waals surface area contributed by atoms with Crippen LogP contribution in [0, 0.1) is 11.3 Å². The molecule has 2 fully saturated rings. The van der Waals surface area contributed by atoms with E-state index in [2.05, 4.69) is 19.2 Å². The van der Waals surface area contributed by atoms with Crippen LogP contribution in [-0.2, 0) is 0 Å². The van der Waals surface area contributed by atoms with E-state index < -0.39 is 0 Å². The second-order valence-electron chi connectivity index (χ2n) is 5.03. The fourth-order valence-corrected chi connectivity index (χ4v) is 3.20. The van der Waals surface area contributed by atoms with Crippen LogP contribution in [0.15, 0.2) is 0 Å². The van der Waals surface area contributed by atoms with Crippen molar-refractivity contribution in [2.24, 2.45) is 11.3 Å². The summed E-state index contributed by atoms with van der Waals surface area (Å²) in [5.74, 6) is 0.830. The normalized spacial score (nSPS) is 33.8. The Labute approximate surface area is 75.9 Å². The fraction of sp³-hybridized carbons (Fsp3) is 1.00. The third-order valence-electron chi connectivity index (χ3n) is 3.85. The zero-order valence-corrected chi connectivity index (χ0v) is 8.40. The summed E-state index contributed by atoms with van der Waals surface area (Å²) < 4.78 is 0. The van der Waals surface area contributed by atoms with E-state index >= 15 is 0 Å². The van der Waals surface area contributed by atoms with Crippen LogP contribution in [0.4, 0.5) is 0 Å². The SMILES string of the molecule is CC(C)[C@H]1NCC12CCCCC2. The summed E-state index contributed by atoms with van der Waals surface area (Å²) in [5.41, 5.74) is 0.729. The summed E-state index contributed by atoms with van der Waals surface area (Å²) in [6.07, 6.45) is 7.41. The Kier molecular flexibility index (Phi) is 2.16. The van der Waals surface area contributed by atoms with Crippen molar-refractivity contribution in [2.75, 3.05) is 6.54 Å². The molecule has 1 N–H and O–H groups in total.